The van der Waals surface area contributed by atoms with Gasteiger partial charge in [-0.1, -0.05) is 32.0 Å². The average molecular weight is 205 g/mol. The van der Waals surface area contributed by atoms with Gasteiger partial charge in [0.1, 0.15) is 0 Å². The standard InChI is InChI=1S/C13H19NO/c1-4-11(5-2)14-13(15)12-9-7-6-8-10(12)3/h6-9,11H,4-5H2,1-3H3,(H,14,15). The molecule has 0 radical (unpaired) electrons. The van der Waals surface area contributed by atoms with Crippen molar-refractivity contribution in [2.24, 2.45) is 0 Å². The second kappa shape index (κ2) is 5.54. The number of benzene rings is 1. The second-order valence-corrected chi connectivity index (χ2v) is 3.80. The van der Waals surface area contributed by atoms with Crippen molar-refractivity contribution in [2.45, 2.75) is 39.7 Å². The Bertz CT molecular complexity index is 329. The maximum Gasteiger partial charge on any atom is 0.251 e. The Hall–Kier alpha value is -1.31. The first-order valence-corrected chi connectivity index (χ1v) is 5.55. The number of amides is 1. The lowest BCUT2D eigenvalue weighted by molar-refractivity contribution is 0.0934. The van der Waals surface area contributed by atoms with E-state index in [1.54, 1.807) is 0 Å². The van der Waals surface area contributed by atoms with Gasteiger partial charge < -0.3 is 5.32 Å². The molecule has 0 saturated heterocycles. The maximum atomic E-state index is 11.9. The summed E-state index contributed by atoms with van der Waals surface area (Å²) in [6, 6.07) is 7.96. The fourth-order valence-electron chi connectivity index (χ4n) is 1.58. The average Bonchev–Trinajstić information content (AvgIpc) is 2.26. The molecule has 0 saturated carbocycles. The van der Waals surface area contributed by atoms with Crippen LogP contribution in [0.25, 0.3) is 0 Å². The monoisotopic (exact) mass is 205 g/mol. The predicted molar refractivity (Wildman–Crippen MR) is 63.0 cm³/mol. The van der Waals surface area contributed by atoms with Crippen molar-refractivity contribution in [3.05, 3.63) is 35.4 Å². The third-order valence-corrected chi connectivity index (χ3v) is 2.71. The smallest absolute Gasteiger partial charge is 0.251 e. The van der Waals surface area contributed by atoms with Crippen LogP contribution in [0.3, 0.4) is 0 Å². The molecule has 1 amide bonds. The van der Waals surface area contributed by atoms with Gasteiger partial charge in [-0.3, -0.25) is 4.79 Å². The van der Waals surface area contributed by atoms with E-state index in [0.717, 1.165) is 24.0 Å². The van der Waals surface area contributed by atoms with E-state index in [1.165, 1.54) is 0 Å². The van der Waals surface area contributed by atoms with Gasteiger partial charge in [-0.15, -0.1) is 0 Å². The van der Waals surface area contributed by atoms with E-state index >= 15 is 0 Å². The number of hydrogen-bond acceptors (Lipinski definition) is 1. The van der Waals surface area contributed by atoms with Crippen LogP contribution in [0.15, 0.2) is 24.3 Å². The molecule has 0 fully saturated rings. The number of aryl methyl sites for hydroxylation is 1. The molecule has 1 rings (SSSR count). The largest absolute Gasteiger partial charge is 0.349 e. The molecule has 2 nitrogen and oxygen atoms in total. The SMILES string of the molecule is CCC(CC)NC(=O)c1ccccc1C. The van der Waals surface area contributed by atoms with Crippen LogP contribution in [-0.2, 0) is 0 Å². The summed E-state index contributed by atoms with van der Waals surface area (Å²) in [5.74, 6) is 0.0433. The molecule has 1 N–H and O–H groups in total. The molecule has 0 aromatic heterocycles. The third-order valence-electron chi connectivity index (χ3n) is 2.71. The summed E-state index contributed by atoms with van der Waals surface area (Å²) >= 11 is 0. The fraction of sp³-hybridized carbons (Fsp3) is 0.462. The molecular formula is C13H19NO. The number of carbonyl (C=O) groups excluding carboxylic acids is 1. The van der Waals surface area contributed by atoms with Crippen molar-refractivity contribution in [1.82, 2.24) is 5.32 Å². The lowest BCUT2D eigenvalue weighted by Gasteiger charge is -2.15. The van der Waals surface area contributed by atoms with Gasteiger partial charge in [0.25, 0.3) is 5.91 Å². The highest BCUT2D eigenvalue weighted by Gasteiger charge is 2.11. The van der Waals surface area contributed by atoms with Gasteiger partial charge in [-0.2, -0.15) is 0 Å². The Kier molecular flexibility index (Phi) is 4.35. The van der Waals surface area contributed by atoms with Crippen molar-refractivity contribution in [1.29, 1.82) is 0 Å². The minimum atomic E-state index is 0.0433. The zero-order valence-electron chi connectivity index (χ0n) is 9.71. The summed E-state index contributed by atoms with van der Waals surface area (Å²) in [5.41, 5.74) is 1.81. The molecule has 1 aromatic carbocycles. The molecule has 82 valence electrons. The first kappa shape index (κ1) is 11.8. The minimum absolute atomic E-state index is 0.0433. The van der Waals surface area contributed by atoms with Gasteiger partial charge in [0.2, 0.25) is 0 Å². The van der Waals surface area contributed by atoms with Crippen LogP contribution in [0, 0.1) is 6.92 Å². The molecule has 0 heterocycles. The number of nitrogens with one attached hydrogen (secondary N) is 1. The normalized spacial score (nSPS) is 10.4. The summed E-state index contributed by atoms with van der Waals surface area (Å²) < 4.78 is 0. The summed E-state index contributed by atoms with van der Waals surface area (Å²) in [6.45, 7) is 6.14. The summed E-state index contributed by atoms with van der Waals surface area (Å²) in [6.07, 6.45) is 1.96. The van der Waals surface area contributed by atoms with Crippen LogP contribution >= 0.6 is 0 Å². The van der Waals surface area contributed by atoms with Gasteiger partial charge in [0.05, 0.1) is 0 Å². The van der Waals surface area contributed by atoms with Crippen molar-refractivity contribution in [3.8, 4) is 0 Å². The van der Waals surface area contributed by atoms with Gasteiger partial charge in [0, 0.05) is 11.6 Å². The summed E-state index contributed by atoms with van der Waals surface area (Å²) in [7, 11) is 0. The second-order valence-electron chi connectivity index (χ2n) is 3.80. The van der Waals surface area contributed by atoms with Crippen LogP contribution < -0.4 is 5.32 Å². The number of hydrogen-bond donors (Lipinski definition) is 1. The van der Waals surface area contributed by atoms with Crippen LogP contribution in [-0.4, -0.2) is 11.9 Å². The Morgan fingerprint density at radius 3 is 2.40 bits per heavy atom. The molecule has 1 aromatic rings. The molecule has 15 heavy (non-hydrogen) atoms. The maximum absolute atomic E-state index is 11.9. The van der Waals surface area contributed by atoms with Gasteiger partial charge in [-0.05, 0) is 31.4 Å². The van der Waals surface area contributed by atoms with Crippen LogP contribution in [0.5, 0.6) is 0 Å². The fourth-order valence-corrected chi connectivity index (χ4v) is 1.58. The van der Waals surface area contributed by atoms with Gasteiger partial charge in [-0.25, -0.2) is 0 Å². The molecule has 0 spiro atoms. The van der Waals surface area contributed by atoms with E-state index in [1.807, 2.05) is 31.2 Å². The van der Waals surface area contributed by atoms with E-state index in [9.17, 15) is 4.79 Å². The summed E-state index contributed by atoms with van der Waals surface area (Å²) in [5, 5.41) is 3.03. The van der Waals surface area contributed by atoms with E-state index in [0.29, 0.717) is 0 Å². The zero-order valence-corrected chi connectivity index (χ0v) is 9.71. The molecule has 0 bridgehead atoms. The van der Waals surface area contributed by atoms with E-state index < -0.39 is 0 Å². The highest BCUT2D eigenvalue weighted by Crippen LogP contribution is 2.08. The molecule has 0 aliphatic carbocycles. The molecule has 2 heteroatoms. The molecule has 0 aliphatic heterocycles. The van der Waals surface area contributed by atoms with Crippen molar-refractivity contribution >= 4 is 5.91 Å². The van der Waals surface area contributed by atoms with Crippen LogP contribution in [0.1, 0.15) is 42.6 Å². The Balaban J connectivity index is 2.73. The van der Waals surface area contributed by atoms with E-state index in [2.05, 4.69) is 19.2 Å². The quantitative estimate of drug-likeness (QED) is 0.804. The highest BCUT2D eigenvalue weighted by molar-refractivity contribution is 5.95. The molecular weight excluding hydrogens is 186 g/mol. The first-order valence-electron chi connectivity index (χ1n) is 5.55. The molecule has 0 aliphatic rings. The molecule has 0 unspecified atom stereocenters. The van der Waals surface area contributed by atoms with Crippen molar-refractivity contribution in [2.75, 3.05) is 0 Å². The Morgan fingerprint density at radius 1 is 1.27 bits per heavy atom. The number of carbonyl (C=O) groups is 1. The molecule has 0 atom stereocenters. The van der Waals surface area contributed by atoms with Crippen LogP contribution in [0.4, 0.5) is 0 Å². The first-order chi connectivity index (χ1) is 7.19. The van der Waals surface area contributed by atoms with E-state index in [4.69, 9.17) is 0 Å². The number of rotatable bonds is 4. The Labute approximate surface area is 91.7 Å². The van der Waals surface area contributed by atoms with Gasteiger partial charge >= 0.3 is 0 Å². The predicted octanol–water partition coefficient (Wildman–Crippen LogP) is 2.91. The topological polar surface area (TPSA) is 29.1 Å². The lowest BCUT2D eigenvalue weighted by Crippen LogP contribution is -2.34. The van der Waals surface area contributed by atoms with Crippen LogP contribution in [0.2, 0.25) is 0 Å². The Morgan fingerprint density at radius 2 is 1.87 bits per heavy atom. The minimum Gasteiger partial charge on any atom is -0.349 e. The summed E-state index contributed by atoms with van der Waals surface area (Å²) in [4.78, 5) is 11.9. The lowest BCUT2D eigenvalue weighted by atomic mass is 10.1. The van der Waals surface area contributed by atoms with E-state index in [-0.39, 0.29) is 11.9 Å². The zero-order chi connectivity index (χ0) is 11.3. The van der Waals surface area contributed by atoms with Crippen molar-refractivity contribution in [3.63, 3.8) is 0 Å². The van der Waals surface area contributed by atoms with Gasteiger partial charge in [0.15, 0.2) is 0 Å². The van der Waals surface area contributed by atoms with Crippen molar-refractivity contribution < 1.29 is 4.79 Å². The highest BCUT2D eigenvalue weighted by atomic mass is 16.1. The third kappa shape index (κ3) is 3.08.